The van der Waals surface area contributed by atoms with E-state index in [-0.39, 0.29) is 0 Å². The highest BCUT2D eigenvalue weighted by Gasteiger charge is 2.21. The van der Waals surface area contributed by atoms with E-state index >= 15 is 0 Å². The van der Waals surface area contributed by atoms with Gasteiger partial charge in [-0.2, -0.15) is 0 Å². The normalized spacial score (nSPS) is 14.3. The predicted molar refractivity (Wildman–Crippen MR) is 93.8 cm³/mol. The number of alkyl halides is 1. The number of benzene rings is 1. The van der Waals surface area contributed by atoms with Crippen LogP contribution in [0.15, 0.2) is 24.3 Å². The summed E-state index contributed by atoms with van der Waals surface area (Å²) in [6.07, 6.45) is 4.89. The van der Waals surface area contributed by atoms with Crippen LogP contribution in [0.4, 0.5) is 0 Å². The van der Waals surface area contributed by atoms with Crippen molar-refractivity contribution in [3.05, 3.63) is 46.1 Å². The lowest BCUT2D eigenvalue weighted by Gasteiger charge is -2.12. The van der Waals surface area contributed by atoms with E-state index in [1.165, 1.54) is 46.2 Å². The predicted octanol–water partition coefficient (Wildman–Crippen LogP) is 5.28. The Morgan fingerprint density at radius 1 is 1.18 bits per heavy atom. The lowest BCUT2D eigenvalue weighted by atomic mass is 9.94. The summed E-state index contributed by atoms with van der Waals surface area (Å²) >= 11 is 7.86. The van der Waals surface area contributed by atoms with Gasteiger partial charge in [0.1, 0.15) is 10.7 Å². The minimum atomic E-state index is 0.358. The van der Waals surface area contributed by atoms with Gasteiger partial charge in [0.05, 0.1) is 11.6 Å². The largest absolute Gasteiger partial charge is 0.231 e. The zero-order chi connectivity index (χ0) is 15.1. The quantitative estimate of drug-likeness (QED) is 0.598. The summed E-state index contributed by atoms with van der Waals surface area (Å²) in [4.78, 5) is 12.1. The Morgan fingerprint density at radius 3 is 2.86 bits per heavy atom. The Kier molecular flexibility index (Phi) is 3.63. The Labute approximate surface area is 139 Å². The van der Waals surface area contributed by atoms with E-state index in [0.29, 0.717) is 5.88 Å². The molecule has 4 heteroatoms. The van der Waals surface area contributed by atoms with Gasteiger partial charge in [-0.25, -0.2) is 9.97 Å². The van der Waals surface area contributed by atoms with Crippen LogP contribution in [-0.4, -0.2) is 9.97 Å². The van der Waals surface area contributed by atoms with Gasteiger partial charge in [0, 0.05) is 15.8 Å². The molecule has 2 nitrogen and oxygen atoms in total. The van der Waals surface area contributed by atoms with Crippen LogP contribution in [0.2, 0.25) is 0 Å². The second-order valence-corrected chi connectivity index (χ2v) is 7.23. The third-order valence-corrected chi connectivity index (χ3v) is 5.70. The molecule has 22 heavy (non-hydrogen) atoms. The van der Waals surface area contributed by atoms with Crippen LogP contribution >= 0.6 is 22.9 Å². The summed E-state index contributed by atoms with van der Waals surface area (Å²) < 4.78 is 0. The summed E-state index contributed by atoms with van der Waals surface area (Å²) in [5.41, 5.74) is 4.96. The highest BCUT2D eigenvalue weighted by atomic mass is 35.5. The molecular formula is C18H17ClN2S. The molecule has 0 radical (unpaired) electrons. The number of rotatable bonds is 2. The fourth-order valence-electron chi connectivity index (χ4n) is 3.26. The molecule has 0 atom stereocenters. The van der Waals surface area contributed by atoms with E-state index in [0.717, 1.165) is 22.8 Å². The first-order chi connectivity index (χ1) is 10.8. The van der Waals surface area contributed by atoms with Gasteiger partial charge in [-0.3, -0.25) is 0 Å². The summed E-state index contributed by atoms with van der Waals surface area (Å²) in [5.74, 6) is 1.08. The molecule has 112 valence electrons. The van der Waals surface area contributed by atoms with Gasteiger partial charge in [-0.05, 0) is 44.2 Å². The van der Waals surface area contributed by atoms with Crippen LogP contribution in [0.25, 0.3) is 21.5 Å². The van der Waals surface area contributed by atoms with Gasteiger partial charge in [-0.1, -0.05) is 23.8 Å². The summed E-state index contributed by atoms with van der Waals surface area (Å²) in [7, 11) is 0. The summed E-state index contributed by atoms with van der Waals surface area (Å²) in [5, 5.41) is 1.26. The first kappa shape index (κ1) is 14.2. The first-order valence-electron chi connectivity index (χ1n) is 7.70. The van der Waals surface area contributed by atoms with Gasteiger partial charge in [0.2, 0.25) is 0 Å². The van der Waals surface area contributed by atoms with E-state index < -0.39 is 0 Å². The number of hydrogen-bond donors (Lipinski definition) is 0. The maximum atomic E-state index is 6.02. The van der Waals surface area contributed by atoms with E-state index in [1.807, 2.05) is 11.3 Å². The second kappa shape index (κ2) is 5.64. The maximum absolute atomic E-state index is 6.02. The zero-order valence-corrected chi connectivity index (χ0v) is 14.1. The Morgan fingerprint density at radius 2 is 2.05 bits per heavy atom. The number of thiophene rings is 1. The lowest BCUT2D eigenvalue weighted by Crippen LogP contribution is -2.00. The number of nitrogens with zero attached hydrogens (tertiary/aromatic N) is 2. The second-order valence-electron chi connectivity index (χ2n) is 5.88. The third kappa shape index (κ3) is 2.33. The molecule has 0 bridgehead atoms. The van der Waals surface area contributed by atoms with E-state index in [4.69, 9.17) is 16.6 Å². The van der Waals surface area contributed by atoms with Crippen LogP contribution in [0.3, 0.4) is 0 Å². The number of aryl methyl sites for hydroxylation is 3. The van der Waals surface area contributed by atoms with Crippen molar-refractivity contribution in [1.82, 2.24) is 9.97 Å². The SMILES string of the molecule is Cc1cccc(-c2nc(CCl)nc3sc4c(c23)CCCC4)c1. The van der Waals surface area contributed by atoms with Gasteiger partial charge in [0.25, 0.3) is 0 Å². The van der Waals surface area contributed by atoms with Crippen LogP contribution in [-0.2, 0) is 18.7 Å². The van der Waals surface area contributed by atoms with Crippen LogP contribution in [0.1, 0.15) is 34.7 Å². The molecule has 0 fully saturated rings. The zero-order valence-electron chi connectivity index (χ0n) is 12.5. The minimum Gasteiger partial charge on any atom is -0.231 e. The highest BCUT2D eigenvalue weighted by molar-refractivity contribution is 7.19. The molecule has 0 amide bonds. The van der Waals surface area contributed by atoms with Crippen molar-refractivity contribution in [2.45, 2.75) is 38.5 Å². The van der Waals surface area contributed by atoms with Crippen molar-refractivity contribution in [3.63, 3.8) is 0 Å². The van der Waals surface area contributed by atoms with Crippen molar-refractivity contribution in [3.8, 4) is 11.3 Å². The molecule has 1 aromatic carbocycles. The van der Waals surface area contributed by atoms with Crippen LogP contribution in [0, 0.1) is 6.92 Å². The van der Waals surface area contributed by atoms with Crippen LogP contribution in [0.5, 0.6) is 0 Å². The molecule has 0 aliphatic heterocycles. The number of hydrogen-bond acceptors (Lipinski definition) is 3. The summed E-state index contributed by atoms with van der Waals surface area (Å²) in [6.45, 7) is 2.12. The maximum Gasteiger partial charge on any atom is 0.145 e. The van der Waals surface area contributed by atoms with E-state index in [2.05, 4.69) is 36.2 Å². The standard InChI is InChI=1S/C18H17ClN2S/c1-11-5-4-6-12(9-11)17-16-13-7-2-3-8-14(13)22-18(16)21-15(10-19)20-17/h4-6,9H,2-3,7-8,10H2,1H3. The molecule has 3 aromatic rings. The molecule has 0 unspecified atom stereocenters. The van der Waals surface area contributed by atoms with Gasteiger partial charge >= 0.3 is 0 Å². The fraction of sp³-hybridized carbons (Fsp3) is 0.333. The Balaban J connectivity index is 2.04. The molecule has 2 heterocycles. The lowest BCUT2D eigenvalue weighted by molar-refractivity contribution is 0.700. The van der Waals surface area contributed by atoms with E-state index in [9.17, 15) is 0 Å². The number of fused-ring (bicyclic) bond motifs is 3. The first-order valence-corrected chi connectivity index (χ1v) is 9.05. The van der Waals surface area contributed by atoms with Crippen molar-refractivity contribution < 1.29 is 0 Å². The molecule has 0 N–H and O–H groups in total. The Bertz CT molecular complexity index is 854. The van der Waals surface area contributed by atoms with Crippen molar-refractivity contribution >= 4 is 33.2 Å². The fourth-order valence-corrected chi connectivity index (χ4v) is 4.66. The molecule has 4 rings (SSSR count). The number of halogens is 1. The molecule has 1 aliphatic carbocycles. The minimum absolute atomic E-state index is 0.358. The highest BCUT2D eigenvalue weighted by Crippen LogP contribution is 2.40. The van der Waals surface area contributed by atoms with Gasteiger partial charge < -0.3 is 0 Å². The molecule has 2 aromatic heterocycles. The molecule has 1 aliphatic rings. The topological polar surface area (TPSA) is 25.8 Å². The molecule has 0 saturated heterocycles. The van der Waals surface area contributed by atoms with Gasteiger partial charge in [0.15, 0.2) is 0 Å². The van der Waals surface area contributed by atoms with Gasteiger partial charge in [-0.15, -0.1) is 22.9 Å². The monoisotopic (exact) mass is 328 g/mol. The average Bonchev–Trinajstić information content (AvgIpc) is 2.92. The average molecular weight is 329 g/mol. The Hall–Kier alpha value is -1.45. The summed E-state index contributed by atoms with van der Waals surface area (Å²) in [6, 6.07) is 8.55. The molecule has 0 spiro atoms. The van der Waals surface area contributed by atoms with Crippen molar-refractivity contribution in [2.75, 3.05) is 0 Å². The van der Waals surface area contributed by atoms with E-state index in [1.54, 1.807) is 0 Å². The molecule has 0 saturated carbocycles. The van der Waals surface area contributed by atoms with Crippen LogP contribution < -0.4 is 0 Å². The number of aromatic nitrogens is 2. The smallest absolute Gasteiger partial charge is 0.145 e. The third-order valence-electron chi connectivity index (χ3n) is 4.27. The molecular weight excluding hydrogens is 312 g/mol. The van der Waals surface area contributed by atoms with Crippen molar-refractivity contribution in [2.24, 2.45) is 0 Å². The van der Waals surface area contributed by atoms with Crippen molar-refractivity contribution in [1.29, 1.82) is 0 Å².